The van der Waals surface area contributed by atoms with Gasteiger partial charge in [-0.3, -0.25) is 0 Å². The molecule has 144 valence electrons. The minimum Gasteiger partial charge on any atom is -0.463 e. The summed E-state index contributed by atoms with van der Waals surface area (Å²) in [6.07, 6.45) is 2.31. The molecular formula is C21H29ClO4. The van der Waals surface area contributed by atoms with Gasteiger partial charge in [-0.2, -0.15) is 0 Å². The van der Waals surface area contributed by atoms with E-state index in [0.29, 0.717) is 34.1 Å². The number of rotatable bonds is 3. The maximum absolute atomic E-state index is 13.1. The van der Waals surface area contributed by atoms with Crippen LogP contribution in [0.3, 0.4) is 0 Å². The van der Waals surface area contributed by atoms with Crippen LogP contribution in [0.1, 0.15) is 65.5 Å². The Hall–Kier alpha value is -1.26. The summed E-state index contributed by atoms with van der Waals surface area (Å²) in [5, 5.41) is 0.541. The van der Waals surface area contributed by atoms with Gasteiger partial charge in [0.15, 0.2) is 6.10 Å². The summed E-state index contributed by atoms with van der Waals surface area (Å²) >= 11 is 6.13. The van der Waals surface area contributed by atoms with E-state index in [9.17, 15) is 4.79 Å². The third-order valence-electron chi connectivity index (χ3n) is 5.45. The summed E-state index contributed by atoms with van der Waals surface area (Å²) in [5.74, 6) is 0.800. The van der Waals surface area contributed by atoms with Crippen LogP contribution in [-0.2, 0) is 14.3 Å². The van der Waals surface area contributed by atoms with Crippen LogP contribution in [0, 0.1) is 17.8 Å². The van der Waals surface area contributed by atoms with Crippen molar-refractivity contribution in [3.63, 3.8) is 0 Å². The second-order valence-electron chi connectivity index (χ2n) is 8.48. The minimum atomic E-state index is -0.901. The quantitative estimate of drug-likeness (QED) is 0.646. The van der Waals surface area contributed by atoms with E-state index in [1.807, 2.05) is 0 Å². The van der Waals surface area contributed by atoms with Crippen molar-refractivity contribution in [3.8, 4) is 5.75 Å². The molecule has 0 N–H and O–H groups in total. The van der Waals surface area contributed by atoms with Crippen molar-refractivity contribution in [1.82, 2.24) is 0 Å². The van der Waals surface area contributed by atoms with Crippen molar-refractivity contribution in [2.45, 2.75) is 71.9 Å². The summed E-state index contributed by atoms with van der Waals surface area (Å²) in [4.78, 5) is 13.1. The first-order valence-corrected chi connectivity index (χ1v) is 9.91. The molecule has 1 aliphatic carbocycles. The number of ether oxygens (including phenoxy) is 3. The molecule has 0 spiro atoms. The van der Waals surface area contributed by atoms with Crippen LogP contribution in [0.15, 0.2) is 18.2 Å². The Morgan fingerprint density at radius 1 is 1.31 bits per heavy atom. The van der Waals surface area contributed by atoms with Gasteiger partial charge in [0.05, 0.1) is 0 Å². The number of benzene rings is 1. The third kappa shape index (κ3) is 4.17. The van der Waals surface area contributed by atoms with E-state index in [-0.39, 0.29) is 12.1 Å². The lowest BCUT2D eigenvalue weighted by Gasteiger charge is -2.40. The first-order chi connectivity index (χ1) is 12.2. The van der Waals surface area contributed by atoms with Crippen LogP contribution in [0.2, 0.25) is 5.02 Å². The van der Waals surface area contributed by atoms with Gasteiger partial charge >= 0.3 is 5.97 Å². The SMILES string of the molecule is CC(C)[C@@H]1CC[C@@H](C)C[C@H]1OC(=O)[C@H]1OC(C)(C)Oc2ccc(Cl)cc21. The summed E-state index contributed by atoms with van der Waals surface area (Å²) < 4.78 is 17.8. The summed E-state index contributed by atoms with van der Waals surface area (Å²) in [6, 6.07) is 5.26. The van der Waals surface area contributed by atoms with E-state index in [2.05, 4.69) is 20.8 Å². The van der Waals surface area contributed by atoms with Crippen molar-refractivity contribution in [2.24, 2.45) is 17.8 Å². The molecule has 1 saturated carbocycles. The predicted molar refractivity (Wildman–Crippen MR) is 101 cm³/mol. The van der Waals surface area contributed by atoms with Crippen LogP contribution >= 0.6 is 11.6 Å². The van der Waals surface area contributed by atoms with Crippen molar-refractivity contribution in [2.75, 3.05) is 0 Å². The molecular weight excluding hydrogens is 352 g/mol. The third-order valence-corrected chi connectivity index (χ3v) is 5.69. The number of hydrogen-bond donors (Lipinski definition) is 0. The second kappa shape index (κ2) is 7.40. The van der Waals surface area contributed by atoms with Crippen LogP contribution in [0.25, 0.3) is 0 Å². The number of carbonyl (C=O) groups is 1. The first kappa shape index (κ1) is 19.5. The Bertz CT molecular complexity index is 670. The maximum atomic E-state index is 13.1. The molecule has 2 aliphatic rings. The molecule has 0 saturated heterocycles. The average molecular weight is 381 g/mol. The van der Waals surface area contributed by atoms with Gasteiger partial charge in [0, 0.05) is 24.4 Å². The van der Waals surface area contributed by atoms with Gasteiger partial charge < -0.3 is 14.2 Å². The van der Waals surface area contributed by atoms with Gasteiger partial charge in [-0.25, -0.2) is 4.79 Å². The largest absolute Gasteiger partial charge is 0.463 e. The average Bonchev–Trinajstić information content (AvgIpc) is 2.53. The minimum absolute atomic E-state index is 0.0663. The molecule has 4 atom stereocenters. The zero-order chi connectivity index (χ0) is 19.1. The molecule has 1 aromatic carbocycles. The van der Waals surface area contributed by atoms with Gasteiger partial charge in [-0.05, 0) is 48.8 Å². The molecule has 3 rings (SSSR count). The van der Waals surface area contributed by atoms with Crippen LogP contribution in [0.5, 0.6) is 5.75 Å². The number of esters is 1. The molecule has 0 radical (unpaired) electrons. The molecule has 1 aromatic rings. The molecule has 5 heteroatoms. The fourth-order valence-corrected chi connectivity index (χ4v) is 4.27. The lowest BCUT2D eigenvalue weighted by atomic mass is 9.75. The fraction of sp³-hybridized carbons (Fsp3) is 0.667. The summed E-state index contributed by atoms with van der Waals surface area (Å²) in [5.41, 5.74) is 0.631. The first-order valence-electron chi connectivity index (χ1n) is 9.53. The normalized spacial score (nSPS) is 30.4. The standard InChI is InChI=1S/C21H29ClO4/c1-12(2)15-8-6-13(3)10-18(15)24-20(23)19-16-11-14(22)7-9-17(16)25-21(4,5)26-19/h7,9,11-13,15,18-19H,6,8,10H2,1-5H3/t13-,15+,18-,19+/m1/s1. The number of carbonyl (C=O) groups excluding carboxylic acids is 1. The highest BCUT2D eigenvalue weighted by Gasteiger charge is 2.42. The van der Waals surface area contributed by atoms with Gasteiger partial charge in [-0.1, -0.05) is 38.8 Å². The van der Waals surface area contributed by atoms with Gasteiger partial charge in [0.1, 0.15) is 11.9 Å². The summed E-state index contributed by atoms with van der Waals surface area (Å²) in [6.45, 7) is 10.2. The Balaban J connectivity index is 1.83. The highest BCUT2D eigenvalue weighted by Crippen LogP contribution is 2.42. The molecule has 0 amide bonds. The maximum Gasteiger partial charge on any atom is 0.340 e. The molecule has 1 fully saturated rings. The molecule has 0 aromatic heterocycles. The highest BCUT2D eigenvalue weighted by molar-refractivity contribution is 6.30. The molecule has 26 heavy (non-hydrogen) atoms. The molecule has 0 unspecified atom stereocenters. The zero-order valence-electron chi connectivity index (χ0n) is 16.3. The van der Waals surface area contributed by atoms with E-state index >= 15 is 0 Å². The van der Waals surface area contributed by atoms with E-state index in [0.717, 1.165) is 12.8 Å². The fourth-order valence-electron chi connectivity index (χ4n) is 4.09. The van der Waals surface area contributed by atoms with Crippen molar-refractivity contribution < 1.29 is 19.0 Å². The van der Waals surface area contributed by atoms with Crippen molar-refractivity contribution in [1.29, 1.82) is 0 Å². The van der Waals surface area contributed by atoms with Crippen molar-refractivity contribution >= 4 is 17.6 Å². The van der Waals surface area contributed by atoms with Crippen LogP contribution in [0.4, 0.5) is 0 Å². The van der Waals surface area contributed by atoms with Gasteiger partial charge in [0.2, 0.25) is 5.79 Å². The molecule has 1 aliphatic heterocycles. The van der Waals surface area contributed by atoms with Crippen LogP contribution < -0.4 is 4.74 Å². The Morgan fingerprint density at radius 3 is 2.73 bits per heavy atom. The topological polar surface area (TPSA) is 44.8 Å². The monoisotopic (exact) mass is 380 g/mol. The lowest BCUT2D eigenvalue weighted by Crippen LogP contribution is -2.43. The number of hydrogen-bond acceptors (Lipinski definition) is 4. The van der Waals surface area contributed by atoms with Crippen LogP contribution in [-0.4, -0.2) is 17.9 Å². The van der Waals surface area contributed by atoms with Gasteiger partial charge in [0.25, 0.3) is 0 Å². The van der Waals surface area contributed by atoms with Gasteiger partial charge in [-0.15, -0.1) is 0 Å². The molecule has 1 heterocycles. The smallest absolute Gasteiger partial charge is 0.340 e. The number of fused-ring (bicyclic) bond motifs is 1. The van der Waals surface area contributed by atoms with E-state index in [4.69, 9.17) is 25.8 Å². The van der Waals surface area contributed by atoms with Crippen molar-refractivity contribution in [3.05, 3.63) is 28.8 Å². The molecule has 4 nitrogen and oxygen atoms in total. The van der Waals surface area contributed by atoms with E-state index in [1.54, 1.807) is 32.0 Å². The Labute approximate surface area is 161 Å². The predicted octanol–water partition coefficient (Wildman–Crippen LogP) is 5.53. The van der Waals surface area contributed by atoms with E-state index < -0.39 is 11.9 Å². The Morgan fingerprint density at radius 2 is 2.04 bits per heavy atom. The molecule has 0 bridgehead atoms. The Kier molecular flexibility index (Phi) is 5.55. The van der Waals surface area contributed by atoms with E-state index in [1.165, 1.54) is 6.42 Å². The zero-order valence-corrected chi connectivity index (χ0v) is 17.0. The summed E-state index contributed by atoms with van der Waals surface area (Å²) in [7, 11) is 0. The highest BCUT2D eigenvalue weighted by atomic mass is 35.5. The number of halogens is 1. The lowest BCUT2D eigenvalue weighted by molar-refractivity contribution is -0.224. The second-order valence-corrected chi connectivity index (χ2v) is 8.92.